The molecule has 0 fully saturated rings. The maximum atomic E-state index is 11.8. The van der Waals surface area contributed by atoms with Gasteiger partial charge in [0.2, 0.25) is 0 Å². The van der Waals surface area contributed by atoms with Gasteiger partial charge in [0, 0.05) is 0 Å². The van der Waals surface area contributed by atoms with Crippen LogP contribution < -0.4 is 0 Å². The summed E-state index contributed by atoms with van der Waals surface area (Å²) in [4.78, 5) is 10.5. The van der Waals surface area contributed by atoms with Crippen molar-refractivity contribution in [2.45, 2.75) is 58.5 Å². The lowest BCUT2D eigenvalue weighted by atomic mass is 10.1. The average molecular weight is 252 g/mol. The number of carbonyl (C=O) groups is 1. The molecular formula is C12H19F3O2. The fourth-order valence-corrected chi connectivity index (χ4v) is 1.30. The summed E-state index contributed by atoms with van der Waals surface area (Å²) in [6.07, 6.45) is 2.65. The Morgan fingerprint density at radius 3 is 2.29 bits per heavy atom. The van der Waals surface area contributed by atoms with Gasteiger partial charge in [-0.3, -0.25) is 0 Å². The molecule has 5 heteroatoms. The molecule has 0 aromatic carbocycles. The summed E-state index contributed by atoms with van der Waals surface area (Å²) in [5.74, 6) is -2.14. The summed E-state index contributed by atoms with van der Waals surface area (Å²) >= 11 is 0. The quantitative estimate of drug-likeness (QED) is 0.382. The molecule has 0 aromatic heterocycles. The minimum atomic E-state index is -4.92. The maximum absolute atomic E-state index is 11.8. The average Bonchev–Trinajstić information content (AvgIpc) is 2.21. The highest BCUT2D eigenvalue weighted by atomic mass is 19.4. The Morgan fingerprint density at radius 1 is 1.18 bits per heavy atom. The Hall–Kier alpha value is -1.00. The predicted molar refractivity (Wildman–Crippen MR) is 59.3 cm³/mol. The van der Waals surface area contributed by atoms with Crippen LogP contribution >= 0.6 is 0 Å². The van der Waals surface area contributed by atoms with Crippen LogP contribution in [-0.4, -0.2) is 12.1 Å². The molecule has 0 saturated heterocycles. The van der Waals surface area contributed by atoms with Crippen LogP contribution in [0.5, 0.6) is 0 Å². The predicted octanol–water partition coefficient (Wildman–Crippen LogP) is 4.36. The fourth-order valence-electron chi connectivity index (χ4n) is 1.30. The smallest absolute Gasteiger partial charge is 0.425 e. The Bertz CT molecular complexity index is 257. The molecule has 0 N–H and O–H groups in total. The second kappa shape index (κ2) is 8.14. The summed E-state index contributed by atoms with van der Waals surface area (Å²) < 4.78 is 39.6. The van der Waals surface area contributed by atoms with Crippen LogP contribution in [0.15, 0.2) is 11.8 Å². The number of carbonyl (C=O) groups excluding carboxylic acids is 1. The van der Waals surface area contributed by atoms with E-state index in [1.54, 1.807) is 0 Å². The molecule has 2 nitrogen and oxygen atoms in total. The van der Waals surface area contributed by atoms with Gasteiger partial charge in [-0.15, -0.1) is 0 Å². The SMILES string of the molecule is CCCCCCC/C=C(\C)OC(=O)C(F)(F)F. The van der Waals surface area contributed by atoms with E-state index in [2.05, 4.69) is 11.7 Å². The first kappa shape index (κ1) is 16.0. The highest BCUT2D eigenvalue weighted by Gasteiger charge is 2.41. The van der Waals surface area contributed by atoms with Crippen LogP contribution in [0.4, 0.5) is 13.2 Å². The van der Waals surface area contributed by atoms with E-state index in [9.17, 15) is 18.0 Å². The second-order valence-electron chi connectivity index (χ2n) is 3.90. The summed E-state index contributed by atoms with van der Waals surface area (Å²) in [5.41, 5.74) is 0. The molecule has 0 atom stereocenters. The highest BCUT2D eigenvalue weighted by molar-refractivity contribution is 5.76. The second-order valence-corrected chi connectivity index (χ2v) is 3.90. The monoisotopic (exact) mass is 252 g/mol. The molecule has 0 aliphatic carbocycles. The third kappa shape index (κ3) is 8.77. The molecule has 0 heterocycles. The van der Waals surface area contributed by atoms with Crippen LogP contribution in [0.1, 0.15) is 52.4 Å². The van der Waals surface area contributed by atoms with E-state index in [4.69, 9.17) is 0 Å². The van der Waals surface area contributed by atoms with Gasteiger partial charge in [-0.05, 0) is 25.8 Å². The van der Waals surface area contributed by atoms with Crippen LogP contribution in [0.3, 0.4) is 0 Å². The number of allylic oxidation sites excluding steroid dienone is 2. The molecule has 0 spiro atoms. The third-order valence-corrected chi connectivity index (χ3v) is 2.22. The molecule has 0 bridgehead atoms. The Morgan fingerprint density at radius 2 is 1.76 bits per heavy atom. The summed E-state index contributed by atoms with van der Waals surface area (Å²) in [6.45, 7) is 3.47. The summed E-state index contributed by atoms with van der Waals surface area (Å²) in [6, 6.07) is 0. The van der Waals surface area contributed by atoms with E-state index in [0.29, 0.717) is 6.42 Å². The van der Waals surface area contributed by atoms with Gasteiger partial charge in [0.15, 0.2) is 0 Å². The number of ether oxygens (including phenoxy) is 1. The number of alkyl halides is 3. The molecule has 100 valence electrons. The van der Waals surface area contributed by atoms with E-state index in [1.165, 1.54) is 19.4 Å². The van der Waals surface area contributed by atoms with Gasteiger partial charge >= 0.3 is 12.1 Å². The number of rotatable bonds is 7. The van der Waals surface area contributed by atoms with Crippen molar-refractivity contribution < 1.29 is 22.7 Å². The zero-order valence-electron chi connectivity index (χ0n) is 10.3. The van der Waals surface area contributed by atoms with Gasteiger partial charge in [-0.25, -0.2) is 4.79 Å². The molecule has 0 amide bonds. The highest BCUT2D eigenvalue weighted by Crippen LogP contribution is 2.18. The Labute approximate surface area is 99.8 Å². The van der Waals surface area contributed by atoms with Crippen molar-refractivity contribution in [3.63, 3.8) is 0 Å². The summed E-state index contributed by atoms with van der Waals surface area (Å²) in [5, 5.41) is 0. The number of esters is 1. The Kier molecular flexibility index (Phi) is 7.66. The van der Waals surface area contributed by atoms with E-state index < -0.39 is 12.1 Å². The normalized spacial score (nSPS) is 12.6. The molecule has 0 unspecified atom stereocenters. The van der Waals surface area contributed by atoms with Crippen molar-refractivity contribution in [3.8, 4) is 0 Å². The van der Waals surface area contributed by atoms with Crippen molar-refractivity contribution >= 4 is 5.97 Å². The minimum Gasteiger partial charge on any atom is -0.425 e. The first-order chi connectivity index (χ1) is 7.88. The molecule has 0 radical (unpaired) electrons. The van der Waals surface area contributed by atoms with Gasteiger partial charge < -0.3 is 4.74 Å². The lowest BCUT2D eigenvalue weighted by molar-refractivity contribution is -0.195. The standard InChI is InChI=1S/C12H19F3O2/c1-3-4-5-6-7-8-9-10(2)17-11(16)12(13,14)15/h9H,3-8H2,1-2H3/b10-9+. The van der Waals surface area contributed by atoms with Gasteiger partial charge in [0.1, 0.15) is 5.76 Å². The van der Waals surface area contributed by atoms with E-state index in [-0.39, 0.29) is 5.76 Å². The third-order valence-electron chi connectivity index (χ3n) is 2.22. The molecule has 0 aromatic rings. The molecule has 0 rings (SSSR count). The van der Waals surface area contributed by atoms with E-state index in [1.807, 2.05) is 0 Å². The van der Waals surface area contributed by atoms with Crippen LogP contribution in [0.25, 0.3) is 0 Å². The zero-order chi connectivity index (χ0) is 13.3. The van der Waals surface area contributed by atoms with Crippen molar-refractivity contribution in [2.24, 2.45) is 0 Å². The molecule has 0 aliphatic heterocycles. The largest absolute Gasteiger partial charge is 0.491 e. The number of unbranched alkanes of at least 4 members (excludes halogenated alkanes) is 5. The van der Waals surface area contributed by atoms with E-state index >= 15 is 0 Å². The van der Waals surface area contributed by atoms with Gasteiger partial charge in [-0.2, -0.15) is 13.2 Å². The first-order valence-corrected chi connectivity index (χ1v) is 5.83. The molecular weight excluding hydrogens is 233 g/mol. The lowest BCUT2D eigenvalue weighted by Crippen LogP contribution is -2.24. The minimum absolute atomic E-state index is 0.0165. The fraction of sp³-hybridized carbons (Fsp3) is 0.750. The topological polar surface area (TPSA) is 26.3 Å². The lowest BCUT2D eigenvalue weighted by Gasteiger charge is -2.06. The van der Waals surface area contributed by atoms with Gasteiger partial charge in [-0.1, -0.05) is 32.6 Å². The maximum Gasteiger partial charge on any atom is 0.491 e. The zero-order valence-corrected chi connectivity index (χ0v) is 10.3. The first-order valence-electron chi connectivity index (χ1n) is 5.83. The van der Waals surface area contributed by atoms with Crippen LogP contribution in [-0.2, 0) is 9.53 Å². The molecule has 0 aliphatic rings. The van der Waals surface area contributed by atoms with Crippen molar-refractivity contribution in [1.82, 2.24) is 0 Å². The number of hydrogen-bond acceptors (Lipinski definition) is 2. The van der Waals surface area contributed by atoms with Gasteiger partial charge in [0.25, 0.3) is 0 Å². The van der Waals surface area contributed by atoms with Crippen LogP contribution in [0, 0.1) is 0 Å². The van der Waals surface area contributed by atoms with Crippen LogP contribution in [0.2, 0.25) is 0 Å². The summed E-state index contributed by atoms with van der Waals surface area (Å²) in [7, 11) is 0. The van der Waals surface area contributed by atoms with Crippen molar-refractivity contribution in [1.29, 1.82) is 0 Å². The van der Waals surface area contributed by atoms with Gasteiger partial charge in [0.05, 0.1) is 0 Å². The number of halogens is 3. The van der Waals surface area contributed by atoms with E-state index in [0.717, 1.165) is 25.7 Å². The Balaban J connectivity index is 3.76. The number of hydrogen-bond donors (Lipinski definition) is 0. The molecule has 0 saturated carbocycles. The molecule has 17 heavy (non-hydrogen) atoms. The van der Waals surface area contributed by atoms with Crippen molar-refractivity contribution in [2.75, 3.05) is 0 Å². The van der Waals surface area contributed by atoms with Crippen molar-refractivity contribution in [3.05, 3.63) is 11.8 Å².